The van der Waals surface area contributed by atoms with Gasteiger partial charge in [-0.05, 0) is 105 Å². The number of unbranched alkanes of at least 4 members (excludes halogenated alkanes) is 1. The SMILES string of the molecule is CC[C@H]1OC(=O)[C@H](C)C(=O)C[C@@H](O[C@@H]2O[C@H](C)CC(N(C)C)C2O)[C@@](C)(OC)C[C@@H](C)CN[C@H](C)[C@H]2N(CCCCn3cc(-c4cccc(N)c4)nn3)C(=O)O[C@]12C.[HH]. The van der Waals surface area contributed by atoms with Crippen molar-refractivity contribution in [3.63, 3.8) is 0 Å². The number of ketones is 1. The number of likely N-dealkylation sites (N-methyl/N-ethyl adjacent to an activating group) is 1. The number of aromatic nitrogens is 3. The Morgan fingerprint density at radius 1 is 1.12 bits per heavy atom. The van der Waals surface area contributed by atoms with Gasteiger partial charge in [-0.25, -0.2) is 4.79 Å². The average Bonchev–Trinajstić information content (AvgIpc) is 3.76. The number of aliphatic hydroxyl groups is 1. The summed E-state index contributed by atoms with van der Waals surface area (Å²) >= 11 is 0. The molecule has 0 radical (unpaired) electrons. The lowest BCUT2D eigenvalue weighted by Crippen LogP contribution is -2.61. The maximum Gasteiger partial charge on any atom is 0.410 e. The van der Waals surface area contributed by atoms with Crippen molar-refractivity contribution in [1.29, 1.82) is 0 Å². The summed E-state index contributed by atoms with van der Waals surface area (Å²) in [7, 11) is 5.38. The molecule has 0 aliphatic carbocycles. The molecule has 4 N–H and O–H groups in total. The smallest absolute Gasteiger partial charge is 0.410 e. The normalized spacial score (nSPS) is 35.6. The summed E-state index contributed by atoms with van der Waals surface area (Å²) in [6, 6.07) is 6.47. The number of carbonyl (C=O) groups excluding carboxylic acids is 3. The first-order valence-corrected chi connectivity index (χ1v) is 20.8. The Morgan fingerprint density at radius 2 is 1.84 bits per heavy atom. The van der Waals surface area contributed by atoms with Crippen LogP contribution in [0.15, 0.2) is 30.5 Å². The summed E-state index contributed by atoms with van der Waals surface area (Å²) in [5, 5.41) is 23.6. The number of hydrogen-bond acceptors (Lipinski definition) is 14. The number of esters is 1. The van der Waals surface area contributed by atoms with Gasteiger partial charge in [-0.1, -0.05) is 31.2 Å². The molecule has 3 saturated heterocycles. The standard InChI is InChI=1S/C42H67N7O9.H2/c1-11-34-42(7)37(49(40(53)58-42)18-13-12-17-48-24-31(45-46-48)29-15-14-16-30(43)20-29)28(5)44-23-25(2)22-41(6,54-10)35(21-33(50)27(4)38(52)56-34)57-39-36(51)32(47(8)9)19-26(3)55-39;/h14-16,20,24-28,32,34-37,39,44,51H,11-13,17-19,21-23,43H2,1-10H3;1H/t25-,26-,27-,28-,32?,34-,35-,36?,37-,39+,41+,42-;/m1./s1. The third-order valence-corrected chi connectivity index (χ3v) is 12.5. The van der Waals surface area contributed by atoms with Gasteiger partial charge in [0.2, 0.25) is 0 Å². The predicted octanol–water partition coefficient (Wildman–Crippen LogP) is 4.28. The number of fused-ring (bicyclic) bond motifs is 1. The van der Waals surface area contributed by atoms with Gasteiger partial charge < -0.3 is 44.7 Å². The Morgan fingerprint density at radius 3 is 2.52 bits per heavy atom. The Hall–Kier alpha value is -3.67. The minimum absolute atomic E-state index is 0. The molecule has 0 bridgehead atoms. The van der Waals surface area contributed by atoms with Crippen LogP contribution in [0.5, 0.6) is 0 Å². The van der Waals surface area contributed by atoms with E-state index in [2.05, 4.69) is 22.6 Å². The molecular formula is C42H69N7O9. The quantitative estimate of drug-likeness (QED) is 0.126. The van der Waals surface area contributed by atoms with Crippen LogP contribution in [0.4, 0.5) is 10.5 Å². The summed E-state index contributed by atoms with van der Waals surface area (Å²) in [5.74, 6) is -2.27. The van der Waals surface area contributed by atoms with Crippen LogP contribution in [-0.4, -0.2) is 142 Å². The molecule has 3 fully saturated rings. The molecule has 3 aliphatic heterocycles. The van der Waals surface area contributed by atoms with Crippen molar-refractivity contribution in [3.05, 3.63) is 30.5 Å². The number of ether oxygens (including phenoxy) is 5. The highest BCUT2D eigenvalue weighted by Crippen LogP contribution is 2.39. The summed E-state index contributed by atoms with van der Waals surface area (Å²) in [4.78, 5) is 45.4. The first-order chi connectivity index (χ1) is 27.4. The van der Waals surface area contributed by atoms with E-state index in [0.29, 0.717) is 57.4 Å². The first-order valence-electron chi connectivity index (χ1n) is 20.8. The van der Waals surface area contributed by atoms with Gasteiger partial charge in [0.15, 0.2) is 11.9 Å². The van der Waals surface area contributed by atoms with Gasteiger partial charge in [-0.15, -0.1) is 5.10 Å². The highest BCUT2D eigenvalue weighted by molar-refractivity contribution is 5.99. The van der Waals surface area contributed by atoms with E-state index in [-0.39, 0.29) is 32.0 Å². The van der Waals surface area contributed by atoms with E-state index >= 15 is 0 Å². The molecule has 326 valence electrons. The molecule has 2 unspecified atom stereocenters. The second-order valence-corrected chi connectivity index (χ2v) is 17.3. The molecule has 3 aliphatic rings. The van der Waals surface area contributed by atoms with E-state index in [1.807, 2.05) is 84.1 Å². The Kier molecular flexibility index (Phi) is 15.0. The Balaban J connectivity index is 0.00000769. The number of rotatable bonds is 11. The van der Waals surface area contributed by atoms with Crippen LogP contribution < -0.4 is 11.1 Å². The maximum atomic E-state index is 14.0. The molecule has 58 heavy (non-hydrogen) atoms. The number of nitrogens with zero attached hydrogens (tertiary/aromatic N) is 5. The molecule has 4 heterocycles. The topological polar surface area (TPSA) is 193 Å². The van der Waals surface area contributed by atoms with Gasteiger partial charge in [-0.2, -0.15) is 0 Å². The number of nitrogens with two attached hydrogens (primary N) is 1. The van der Waals surface area contributed by atoms with Gasteiger partial charge in [-0.3, -0.25) is 19.2 Å². The van der Waals surface area contributed by atoms with Crippen molar-refractivity contribution in [1.82, 2.24) is 30.1 Å². The van der Waals surface area contributed by atoms with Crippen molar-refractivity contribution in [2.75, 3.05) is 40.0 Å². The summed E-state index contributed by atoms with van der Waals surface area (Å²) in [6.07, 6.45) is 0.116. The molecule has 5 rings (SSSR count). The van der Waals surface area contributed by atoms with Crippen LogP contribution in [0.2, 0.25) is 0 Å². The number of Topliss-reactive ketones (excluding diaryl/α,β-unsaturated/α-hetero) is 1. The Labute approximate surface area is 344 Å². The van der Waals surface area contributed by atoms with Crippen LogP contribution >= 0.6 is 0 Å². The van der Waals surface area contributed by atoms with Gasteiger partial charge in [0.05, 0.1) is 30.0 Å². The largest absolute Gasteiger partial charge is 0.458 e. The van der Waals surface area contributed by atoms with Crippen molar-refractivity contribution in [3.8, 4) is 11.3 Å². The third kappa shape index (κ3) is 10.2. The van der Waals surface area contributed by atoms with Crippen LogP contribution in [0, 0.1) is 11.8 Å². The molecular weight excluding hydrogens is 747 g/mol. The number of nitrogen functional groups attached to an aromatic ring is 1. The van der Waals surface area contributed by atoms with E-state index in [1.54, 1.807) is 16.7 Å². The number of aryl methyl sites for hydroxylation is 1. The molecule has 0 saturated carbocycles. The minimum Gasteiger partial charge on any atom is -0.458 e. The van der Waals surface area contributed by atoms with Crippen LogP contribution in [0.3, 0.4) is 0 Å². The molecule has 1 aromatic carbocycles. The van der Waals surface area contributed by atoms with Gasteiger partial charge in [0.1, 0.15) is 29.6 Å². The molecule has 1 amide bonds. The van der Waals surface area contributed by atoms with Gasteiger partial charge in [0, 0.05) is 51.4 Å². The number of amides is 1. The van der Waals surface area contributed by atoms with Gasteiger partial charge >= 0.3 is 12.1 Å². The molecule has 16 heteroatoms. The van der Waals surface area contributed by atoms with Crippen LogP contribution in [0.1, 0.15) is 88.4 Å². The number of hydrogen-bond donors (Lipinski definition) is 3. The second kappa shape index (κ2) is 19.1. The van der Waals surface area contributed by atoms with Crippen LogP contribution in [0.25, 0.3) is 11.3 Å². The number of methoxy groups -OCH3 is 1. The maximum absolute atomic E-state index is 14.0. The van der Waals surface area contributed by atoms with Crippen LogP contribution in [-0.2, 0) is 39.8 Å². The lowest BCUT2D eigenvalue weighted by molar-refractivity contribution is -0.289. The lowest BCUT2D eigenvalue weighted by Gasteiger charge is -2.45. The fourth-order valence-corrected chi connectivity index (χ4v) is 8.95. The predicted molar refractivity (Wildman–Crippen MR) is 220 cm³/mol. The van der Waals surface area contributed by atoms with E-state index < -0.39 is 65.6 Å². The van der Waals surface area contributed by atoms with E-state index in [9.17, 15) is 19.5 Å². The van der Waals surface area contributed by atoms with Crippen molar-refractivity contribution in [2.24, 2.45) is 11.8 Å². The second-order valence-electron chi connectivity index (χ2n) is 17.3. The summed E-state index contributed by atoms with van der Waals surface area (Å²) in [5.41, 5.74) is 5.98. The first kappa shape index (κ1) is 45.4. The number of anilines is 1. The number of aliphatic hydroxyl groups excluding tert-OH is 1. The third-order valence-electron chi connectivity index (χ3n) is 12.5. The van der Waals surface area contributed by atoms with Gasteiger partial charge in [0.25, 0.3) is 0 Å². The molecule has 0 spiro atoms. The van der Waals surface area contributed by atoms with Crippen molar-refractivity contribution >= 4 is 23.5 Å². The molecule has 16 nitrogen and oxygen atoms in total. The Bertz CT molecular complexity index is 1720. The van der Waals surface area contributed by atoms with E-state index in [4.69, 9.17) is 29.4 Å². The monoisotopic (exact) mass is 816 g/mol. The zero-order valence-electron chi connectivity index (χ0n) is 36.1. The van der Waals surface area contributed by atoms with Crippen molar-refractivity contribution in [2.45, 2.75) is 154 Å². The fourth-order valence-electron chi connectivity index (χ4n) is 8.95. The zero-order chi connectivity index (χ0) is 42.5. The number of cyclic esters (lactones) is 1. The summed E-state index contributed by atoms with van der Waals surface area (Å²) in [6.45, 7) is 14.7. The minimum atomic E-state index is -1.22. The average molecular weight is 816 g/mol. The number of nitrogens with one attached hydrogen (secondary N) is 1. The summed E-state index contributed by atoms with van der Waals surface area (Å²) < 4.78 is 33.0. The molecule has 12 atom stereocenters. The van der Waals surface area contributed by atoms with E-state index in [1.165, 1.54) is 6.92 Å². The zero-order valence-corrected chi connectivity index (χ0v) is 36.1. The lowest BCUT2D eigenvalue weighted by atomic mass is 9.83. The molecule has 2 aromatic rings. The fraction of sp³-hybridized carbons (Fsp3) is 0.738. The molecule has 1 aromatic heterocycles. The highest BCUT2D eigenvalue weighted by atomic mass is 16.7. The number of benzene rings is 1. The van der Waals surface area contributed by atoms with Crippen molar-refractivity contribution < 1.29 is 44.6 Å². The number of carbonyl (C=O) groups is 3. The highest BCUT2D eigenvalue weighted by Gasteiger charge is 2.58. The van der Waals surface area contributed by atoms with E-state index in [0.717, 1.165) is 11.3 Å².